The molecule has 2 nitrogen and oxygen atoms in total. The minimum atomic E-state index is -1.90. The Bertz CT molecular complexity index is 1140. The Hall–Kier alpha value is -3.92. The molecule has 0 unspecified atom stereocenters. The lowest BCUT2D eigenvalue weighted by atomic mass is 10.1. The van der Waals surface area contributed by atoms with Crippen LogP contribution in [0.25, 0.3) is 0 Å². The van der Waals surface area contributed by atoms with Gasteiger partial charge < -0.3 is 0 Å². The van der Waals surface area contributed by atoms with Gasteiger partial charge in [0.25, 0.3) is 23.8 Å². The van der Waals surface area contributed by atoms with Crippen molar-refractivity contribution in [1.82, 2.24) is 9.97 Å². The minimum absolute atomic E-state index is 0.0720. The molecule has 10 heteroatoms. The first kappa shape index (κ1) is 20.8. The van der Waals surface area contributed by atoms with Crippen LogP contribution >= 0.6 is 0 Å². The number of hydrogen-bond donors (Lipinski definition) is 0. The predicted octanol–water partition coefficient (Wildman–Crippen LogP) is 4.39. The van der Waals surface area contributed by atoms with E-state index in [0.29, 0.717) is 0 Å². The largest absolute Gasteiger partial charge is 0.253 e. The zero-order valence-corrected chi connectivity index (χ0v) is 14.2. The molecular formula is C20H4F8N2. The molecule has 3 rings (SSSR count). The highest BCUT2D eigenvalue weighted by Gasteiger charge is 2.20. The van der Waals surface area contributed by atoms with Gasteiger partial charge in [0.2, 0.25) is 0 Å². The normalized spacial score (nSPS) is 10.1. The third kappa shape index (κ3) is 3.94. The van der Waals surface area contributed by atoms with Gasteiger partial charge in [-0.05, 0) is 12.1 Å². The van der Waals surface area contributed by atoms with Crippen LogP contribution in [0.2, 0.25) is 0 Å². The lowest BCUT2D eigenvalue weighted by Crippen LogP contribution is -2.03. The van der Waals surface area contributed by atoms with Crippen LogP contribution < -0.4 is 0 Å². The fraction of sp³-hybridized carbons (Fsp3) is 0. The van der Waals surface area contributed by atoms with Crippen LogP contribution in [-0.4, -0.2) is 9.97 Å². The van der Waals surface area contributed by atoms with Crippen molar-refractivity contribution < 1.29 is 35.1 Å². The Balaban J connectivity index is 2.09. The second-order valence-electron chi connectivity index (χ2n) is 5.44. The number of aromatic nitrogens is 2. The van der Waals surface area contributed by atoms with E-state index in [2.05, 4.69) is 21.8 Å². The van der Waals surface area contributed by atoms with Crippen LogP contribution in [0.1, 0.15) is 22.3 Å². The van der Waals surface area contributed by atoms with E-state index in [1.165, 1.54) is 24.3 Å². The summed E-state index contributed by atoms with van der Waals surface area (Å²) in [6, 6.07) is 5.34. The summed E-state index contributed by atoms with van der Waals surface area (Å²) < 4.78 is 107. The minimum Gasteiger partial charge on any atom is -0.200 e. The number of benzene rings is 1. The maximum atomic E-state index is 13.6. The van der Waals surface area contributed by atoms with E-state index in [1.54, 1.807) is 0 Å². The van der Waals surface area contributed by atoms with Gasteiger partial charge >= 0.3 is 0 Å². The highest BCUT2D eigenvalue weighted by molar-refractivity contribution is 5.54. The van der Waals surface area contributed by atoms with Crippen molar-refractivity contribution in [2.45, 2.75) is 0 Å². The first-order chi connectivity index (χ1) is 14.2. The molecular weight excluding hydrogens is 420 g/mol. The molecule has 0 aliphatic rings. The molecule has 2 aromatic heterocycles. The third-order valence-electron chi connectivity index (χ3n) is 3.57. The van der Waals surface area contributed by atoms with Gasteiger partial charge in [-0.3, -0.25) is 0 Å². The first-order valence-corrected chi connectivity index (χ1v) is 7.73. The molecule has 0 fully saturated rings. The number of hydrogen-bond acceptors (Lipinski definition) is 2. The number of nitrogens with zero attached hydrogens (tertiary/aromatic N) is 2. The summed E-state index contributed by atoms with van der Waals surface area (Å²) in [5, 5.41) is 0. The van der Waals surface area contributed by atoms with Gasteiger partial charge in [0, 0.05) is 11.1 Å². The maximum Gasteiger partial charge on any atom is 0.253 e. The zero-order chi connectivity index (χ0) is 22.0. The summed E-state index contributed by atoms with van der Waals surface area (Å²) in [5.74, 6) is -6.69. The molecule has 0 atom stereocenters. The monoisotopic (exact) mass is 424 g/mol. The van der Waals surface area contributed by atoms with E-state index in [1.807, 2.05) is 11.8 Å². The van der Waals surface area contributed by atoms with Crippen LogP contribution in [0, 0.1) is 70.7 Å². The topological polar surface area (TPSA) is 25.8 Å². The summed E-state index contributed by atoms with van der Waals surface area (Å²) in [7, 11) is 0. The van der Waals surface area contributed by atoms with Crippen molar-refractivity contribution in [1.29, 1.82) is 0 Å². The van der Waals surface area contributed by atoms with E-state index in [-0.39, 0.29) is 11.1 Å². The van der Waals surface area contributed by atoms with Gasteiger partial charge in [-0.2, -0.15) is 27.5 Å². The highest BCUT2D eigenvalue weighted by atomic mass is 19.2. The van der Waals surface area contributed by atoms with Gasteiger partial charge in [0.15, 0.2) is 23.3 Å². The van der Waals surface area contributed by atoms with Gasteiger partial charge in [-0.1, -0.05) is 35.8 Å². The summed E-state index contributed by atoms with van der Waals surface area (Å²) in [4.78, 5) is 4.78. The second kappa shape index (κ2) is 8.21. The van der Waals surface area contributed by atoms with E-state index >= 15 is 0 Å². The number of rotatable bonds is 0. The molecule has 150 valence electrons. The van der Waals surface area contributed by atoms with E-state index in [0.717, 1.165) is 0 Å². The van der Waals surface area contributed by atoms with Crippen LogP contribution in [-0.2, 0) is 0 Å². The second-order valence-corrected chi connectivity index (χ2v) is 5.44. The zero-order valence-electron chi connectivity index (χ0n) is 14.2. The standard InChI is InChI=1S/C20H4F8N2/c21-13-11(14(22)18(26)29-17(13)25)7-5-9-3-1-2-4-10(9)6-8-12-15(23)19(27)30-20(28)16(12)24/h1-4H. The van der Waals surface area contributed by atoms with Gasteiger partial charge in [0.05, 0.1) is 0 Å². The molecule has 0 amide bonds. The van der Waals surface area contributed by atoms with E-state index in [4.69, 9.17) is 0 Å². The Labute approximate surface area is 163 Å². The summed E-state index contributed by atoms with van der Waals surface area (Å²) in [6.45, 7) is 0. The van der Waals surface area contributed by atoms with Crippen molar-refractivity contribution in [3.8, 4) is 23.7 Å². The Morgan fingerprint density at radius 3 is 1.07 bits per heavy atom. The molecule has 0 bridgehead atoms. The average Bonchev–Trinajstić information content (AvgIpc) is 2.71. The molecule has 0 spiro atoms. The van der Waals surface area contributed by atoms with Crippen molar-refractivity contribution in [3.63, 3.8) is 0 Å². The maximum absolute atomic E-state index is 13.6. The van der Waals surface area contributed by atoms with Crippen molar-refractivity contribution in [3.05, 3.63) is 93.6 Å². The molecule has 2 heterocycles. The molecule has 0 aliphatic carbocycles. The average molecular weight is 424 g/mol. The quantitative estimate of drug-likeness (QED) is 0.304. The lowest BCUT2D eigenvalue weighted by molar-refractivity contribution is 0.404. The molecule has 30 heavy (non-hydrogen) atoms. The van der Waals surface area contributed by atoms with Crippen LogP contribution in [0.5, 0.6) is 0 Å². The molecule has 0 saturated carbocycles. The van der Waals surface area contributed by atoms with Crippen molar-refractivity contribution in [2.75, 3.05) is 0 Å². The summed E-state index contributed by atoms with van der Waals surface area (Å²) in [5.41, 5.74) is -2.62. The third-order valence-corrected chi connectivity index (χ3v) is 3.57. The summed E-state index contributed by atoms with van der Waals surface area (Å²) in [6.07, 6.45) is 0. The molecule has 1 aromatic carbocycles. The highest BCUT2D eigenvalue weighted by Crippen LogP contribution is 2.17. The van der Waals surface area contributed by atoms with Crippen LogP contribution in [0.4, 0.5) is 35.1 Å². The lowest BCUT2D eigenvalue weighted by Gasteiger charge is -2.00. The van der Waals surface area contributed by atoms with Gasteiger partial charge in [-0.25, -0.2) is 17.6 Å². The van der Waals surface area contributed by atoms with Crippen LogP contribution in [0.15, 0.2) is 24.3 Å². The molecule has 3 aromatic rings. The molecule has 0 aliphatic heterocycles. The SMILES string of the molecule is Fc1nc(F)c(F)c(C#Cc2ccccc2C#Cc2c(F)c(F)nc(F)c2F)c1F. The van der Waals surface area contributed by atoms with Crippen LogP contribution in [0.3, 0.4) is 0 Å². The smallest absolute Gasteiger partial charge is 0.200 e. The number of pyridine rings is 2. The first-order valence-electron chi connectivity index (χ1n) is 7.73. The Morgan fingerprint density at radius 2 is 0.767 bits per heavy atom. The van der Waals surface area contributed by atoms with Crippen molar-refractivity contribution in [2.24, 2.45) is 0 Å². The number of halogens is 8. The van der Waals surface area contributed by atoms with Gasteiger partial charge in [0.1, 0.15) is 11.1 Å². The van der Waals surface area contributed by atoms with E-state index < -0.39 is 58.2 Å². The molecule has 0 N–H and O–H groups in total. The van der Waals surface area contributed by atoms with E-state index in [9.17, 15) is 35.1 Å². The van der Waals surface area contributed by atoms with Crippen molar-refractivity contribution >= 4 is 0 Å². The fourth-order valence-corrected chi connectivity index (χ4v) is 2.15. The Morgan fingerprint density at radius 1 is 0.467 bits per heavy atom. The summed E-state index contributed by atoms with van der Waals surface area (Å²) >= 11 is 0. The van der Waals surface area contributed by atoms with Gasteiger partial charge in [-0.15, -0.1) is 0 Å². The Kier molecular flexibility index (Phi) is 5.70. The molecule has 0 saturated heterocycles. The molecule has 0 radical (unpaired) electrons. The fourth-order valence-electron chi connectivity index (χ4n) is 2.15. The predicted molar refractivity (Wildman–Crippen MR) is 86.5 cm³/mol.